The van der Waals surface area contributed by atoms with Crippen molar-refractivity contribution in [2.75, 3.05) is 0 Å². The Kier molecular flexibility index (Phi) is 3.35. The summed E-state index contributed by atoms with van der Waals surface area (Å²) in [4.78, 5) is 41.6. The number of carbonyl (C=O) groups excluding carboxylic acids is 3. The van der Waals surface area contributed by atoms with Crippen LogP contribution in [0.4, 0.5) is 0 Å². The maximum absolute atomic E-state index is 12.2. The third-order valence-corrected chi connectivity index (χ3v) is 3.72. The molecule has 0 saturated carbocycles. The molecule has 0 saturated heterocycles. The number of rotatable bonds is 3. The van der Waals surface area contributed by atoms with Gasteiger partial charge in [-0.1, -0.05) is 22.4 Å². The molecule has 0 fully saturated rings. The SMILES string of the molecule is O=C(ON1C(=O)c2ccccc2C1=O)c1ccc(-n2ccnn2)cc1. The first-order valence-corrected chi connectivity index (χ1v) is 7.32. The van der Waals surface area contributed by atoms with Crippen LogP contribution in [0.15, 0.2) is 60.9 Å². The normalized spacial score (nSPS) is 13.0. The summed E-state index contributed by atoms with van der Waals surface area (Å²) in [7, 11) is 0. The van der Waals surface area contributed by atoms with E-state index < -0.39 is 17.8 Å². The average molecular weight is 334 g/mol. The second-order valence-electron chi connectivity index (χ2n) is 5.22. The van der Waals surface area contributed by atoms with Gasteiger partial charge in [-0.15, -0.1) is 5.10 Å². The van der Waals surface area contributed by atoms with E-state index in [0.29, 0.717) is 10.8 Å². The van der Waals surface area contributed by atoms with Gasteiger partial charge in [0.05, 0.1) is 34.8 Å². The minimum Gasteiger partial charge on any atom is -0.324 e. The number of fused-ring (bicyclic) bond motifs is 1. The summed E-state index contributed by atoms with van der Waals surface area (Å²) in [5, 5.41) is 8.03. The van der Waals surface area contributed by atoms with Crippen LogP contribution < -0.4 is 0 Å². The molecule has 1 aromatic heterocycles. The molecule has 0 unspecified atom stereocenters. The Morgan fingerprint density at radius 3 is 2.12 bits per heavy atom. The summed E-state index contributed by atoms with van der Waals surface area (Å²) in [5.41, 5.74) is 1.32. The summed E-state index contributed by atoms with van der Waals surface area (Å²) >= 11 is 0. The molecule has 0 N–H and O–H groups in total. The molecule has 122 valence electrons. The highest BCUT2D eigenvalue weighted by molar-refractivity contribution is 6.21. The fourth-order valence-electron chi connectivity index (χ4n) is 2.48. The van der Waals surface area contributed by atoms with Crippen molar-refractivity contribution in [1.29, 1.82) is 0 Å². The van der Waals surface area contributed by atoms with Crippen molar-refractivity contribution in [2.24, 2.45) is 0 Å². The number of amides is 2. The number of carbonyl (C=O) groups is 3. The van der Waals surface area contributed by atoms with Crippen molar-refractivity contribution in [3.05, 3.63) is 77.6 Å². The van der Waals surface area contributed by atoms with Crippen LogP contribution in [0.1, 0.15) is 31.1 Å². The van der Waals surface area contributed by atoms with E-state index in [1.807, 2.05) is 0 Å². The van der Waals surface area contributed by atoms with Gasteiger partial charge in [0.1, 0.15) is 0 Å². The molecule has 0 atom stereocenters. The summed E-state index contributed by atoms with van der Waals surface area (Å²) in [5.74, 6) is -2.12. The molecule has 0 spiro atoms. The Labute approximate surface area is 141 Å². The third-order valence-electron chi connectivity index (χ3n) is 3.72. The van der Waals surface area contributed by atoms with Crippen molar-refractivity contribution in [1.82, 2.24) is 20.1 Å². The Morgan fingerprint density at radius 1 is 0.920 bits per heavy atom. The summed E-state index contributed by atoms with van der Waals surface area (Å²) < 4.78 is 1.53. The van der Waals surface area contributed by atoms with Gasteiger partial charge in [-0.05, 0) is 36.4 Å². The highest BCUT2D eigenvalue weighted by Gasteiger charge is 2.38. The highest BCUT2D eigenvalue weighted by Crippen LogP contribution is 2.23. The van der Waals surface area contributed by atoms with E-state index in [4.69, 9.17) is 4.84 Å². The number of imide groups is 1. The van der Waals surface area contributed by atoms with Gasteiger partial charge in [0, 0.05) is 0 Å². The van der Waals surface area contributed by atoms with E-state index in [1.54, 1.807) is 30.5 Å². The molecule has 2 heterocycles. The minimum absolute atomic E-state index is 0.195. The van der Waals surface area contributed by atoms with Crippen LogP contribution in [0.2, 0.25) is 0 Å². The number of hydrogen-bond acceptors (Lipinski definition) is 6. The predicted octanol–water partition coefficient (Wildman–Crippen LogP) is 1.64. The predicted molar refractivity (Wildman–Crippen MR) is 83.7 cm³/mol. The van der Waals surface area contributed by atoms with Gasteiger partial charge in [-0.2, -0.15) is 0 Å². The van der Waals surface area contributed by atoms with Gasteiger partial charge in [0.15, 0.2) is 0 Å². The molecule has 0 bridgehead atoms. The van der Waals surface area contributed by atoms with Crippen molar-refractivity contribution < 1.29 is 19.2 Å². The van der Waals surface area contributed by atoms with Gasteiger partial charge in [0.2, 0.25) is 0 Å². The molecule has 8 nitrogen and oxygen atoms in total. The van der Waals surface area contributed by atoms with Gasteiger partial charge in [-0.25, -0.2) is 9.48 Å². The minimum atomic E-state index is -0.806. The van der Waals surface area contributed by atoms with Crippen LogP contribution in [-0.4, -0.2) is 37.8 Å². The fraction of sp³-hybridized carbons (Fsp3) is 0. The first-order valence-electron chi connectivity index (χ1n) is 7.32. The van der Waals surface area contributed by atoms with E-state index in [2.05, 4.69) is 10.3 Å². The van der Waals surface area contributed by atoms with Gasteiger partial charge in [0.25, 0.3) is 11.8 Å². The Morgan fingerprint density at radius 2 is 1.56 bits per heavy atom. The lowest BCUT2D eigenvalue weighted by molar-refractivity contribution is -0.0584. The smallest absolute Gasteiger partial charge is 0.324 e. The fourth-order valence-corrected chi connectivity index (χ4v) is 2.48. The lowest BCUT2D eigenvalue weighted by Gasteiger charge is -2.12. The molecule has 0 radical (unpaired) electrons. The number of hydrogen-bond donors (Lipinski definition) is 0. The first-order chi connectivity index (χ1) is 12.1. The molecule has 3 aromatic rings. The van der Waals surface area contributed by atoms with Gasteiger partial charge in [-0.3, -0.25) is 9.59 Å². The maximum atomic E-state index is 12.2. The first kappa shape index (κ1) is 14.8. The molecular weight excluding hydrogens is 324 g/mol. The van der Waals surface area contributed by atoms with E-state index in [1.165, 1.54) is 35.1 Å². The van der Waals surface area contributed by atoms with E-state index >= 15 is 0 Å². The zero-order chi connectivity index (χ0) is 17.4. The van der Waals surface area contributed by atoms with Crippen molar-refractivity contribution in [3.8, 4) is 5.69 Å². The Bertz CT molecular complexity index is 945. The quantitative estimate of drug-likeness (QED) is 0.676. The molecular formula is C17H10N4O4. The Hall–Kier alpha value is -3.81. The molecule has 1 aliphatic rings. The largest absolute Gasteiger partial charge is 0.363 e. The van der Waals surface area contributed by atoms with Crippen LogP contribution in [0.25, 0.3) is 5.69 Å². The number of nitrogens with zero attached hydrogens (tertiary/aromatic N) is 4. The zero-order valence-corrected chi connectivity index (χ0v) is 12.7. The van der Waals surface area contributed by atoms with Crippen LogP contribution in [-0.2, 0) is 4.84 Å². The number of hydroxylamine groups is 2. The number of aromatic nitrogens is 3. The summed E-state index contributed by atoms with van der Waals surface area (Å²) in [6.07, 6.45) is 3.19. The molecule has 1 aliphatic heterocycles. The Balaban J connectivity index is 1.53. The molecule has 8 heteroatoms. The van der Waals surface area contributed by atoms with E-state index in [9.17, 15) is 14.4 Å². The van der Waals surface area contributed by atoms with Crippen LogP contribution in [0.5, 0.6) is 0 Å². The maximum Gasteiger partial charge on any atom is 0.363 e. The second kappa shape index (κ2) is 5.68. The summed E-state index contributed by atoms with van der Waals surface area (Å²) in [6, 6.07) is 12.6. The third kappa shape index (κ3) is 2.45. The molecule has 0 aliphatic carbocycles. The molecule has 2 amide bonds. The monoisotopic (exact) mass is 334 g/mol. The molecule has 4 rings (SSSR count). The van der Waals surface area contributed by atoms with E-state index in [-0.39, 0.29) is 16.7 Å². The topological polar surface area (TPSA) is 94.4 Å². The van der Waals surface area contributed by atoms with Crippen LogP contribution >= 0.6 is 0 Å². The summed E-state index contributed by atoms with van der Waals surface area (Å²) in [6.45, 7) is 0. The zero-order valence-electron chi connectivity index (χ0n) is 12.7. The van der Waals surface area contributed by atoms with Gasteiger partial charge < -0.3 is 4.84 Å². The van der Waals surface area contributed by atoms with Crippen molar-refractivity contribution in [2.45, 2.75) is 0 Å². The lowest BCUT2D eigenvalue weighted by atomic mass is 10.1. The lowest BCUT2D eigenvalue weighted by Crippen LogP contribution is -2.32. The molecule has 25 heavy (non-hydrogen) atoms. The second-order valence-corrected chi connectivity index (χ2v) is 5.22. The molecule has 2 aromatic carbocycles. The van der Waals surface area contributed by atoms with Crippen molar-refractivity contribution in [3.63, 3.8) is 0 Å². The van der Waals surface area contributed by atoms with Gasteiger partial charge >= 0.3 is 5.97 Å². The standard InChI is InChI=1S/C17H10N4O4/c22-15-13-3-1-2-4-14(13)16(23)21(15)25-17(24)11-5-7-12(8-6-11)20-10-9-18-19-20/h1-10H. The van der Waals surface area contributed by atoms with Crippen LogP contribution in [0.3, 0.4) is 0 Å². The average Bonchev–Trinajstić information content (AvgIpc) is 3.26. The van der Waals surface area contributed by atoms with Crippen LogP contribution in [0, 0.1) is 0 Å². The number of benzene rings is 2. The van der Waals surface area contributed by atoms with Crippen molar-refractivity contribution >= 4 is 17.8 Å². The van der Waals surface area contributed by atoms with E-state index in [0.717, 1.165) is 0 Å². The highest BCUT2D eigenvalue weighted by atomic mass is 16.7.